The van der Waals surface area contributed by atoms with Crippen LogP contribution in [0, 0.1) is 0 Å². The number of carbonyl (C=O) groups excluding carboxylic acids is 4. The first-order valence-corrected chi connectivity index (χ1v) is 17.8. The van der Waals surface area contributed by atoms with Crippen LogP contribution in [0.5, 0.6) is 0 Å². The van der Waals surface area contributed by atoms with Gasteiger partial charge in [-0.25, -0.2) is 9.97 Å². The Labute approximate surface area is 336 Å². The van der Waals surface area contributed by atoms with Gasteiger partial charge in [-0.1, -0.05) is 121 Å². The summed E-state index contributed by atoms with van der Waals surface area (Å²) in [6, 6.07) is 37.1. The molecule has 8 nitrogen and oxygen atoms in total. The van der Waals surface area contributed by atoms with Crippen LogP contribution in [0.2, 0.25) is 0 Å². The van der Waals surface area contributed by atoms with Crippen LogP contribution < -0.4 is 9.97 Å². The molecule has 4 aromatic carbocycles. The van der Waals surface area contributed by atoms with Gasteiger partial charge in [0.25, 0.3) is 0 Å². The van der Waals surface area contributed by atoms with Gasteiger partial charge in [0.15, 0.2) is 0 Å². The molecule has 0 N–H and O–H groups in total. The monoisotopic (exact) mass is 782 g/mol. The third kappa shape index (κ3) is 6.82. The summed E-state index contributed by atoms with van der Waals surface area (Å²) in [7, 11) is 0. The van der Waals surface area contributed by atoms with E-state index in [0.29, 0.717) is 67.1 Å². The first kappa shape index (κ1) is 36.6. The summed E-state index contributed by atoms with van der Waals surface area (Å²) in [5.74, 6) is 0. The van der Waals surface area contributed by atoms with Crippen molar-refractivity contribution in [3.63, 3.8) is 0 Å². The smallest absolute Gasteiger partial charge is 0.657 e. The van der Waals surface area contributed by atoms with Gasteiger partial charge >= 0.3 is 16.5 Å². The fraction of sp³-hybridized carbons (Fsp3) is 0. The fourth-order valence-electron chi connectivity index (χ4n) is 7.18. The molecule has 0 saturated heterocycles. The molecule has 2 aliphatic rings. The van der Waals surface area contributed by atoms with Crippen molar-refractivity contribution < 1.29 is 35.7 Å². The van der Waals surface area contributed by atoms with Gasteiger partial charge in [0.05, 0.1) is 22.8 Å². The Morgan fingerprint density at radius 2 is 0.526 bits per heavy atom. The van der Waals surface area contributed by atoms with Crippen molar-refractivity contribution in [3.8, 4) is 44.5 Å². The zero-order valence-electron chi connectivity index (χ0n) is 29.9. The van der Waals surface area contributed by atoms with Crippen molar-refractivity contribution in [3.05, 3.63) is 166 Å². The second-order valence-electron chi connectivity index (χ2n) is 13.3. The molecule has 0 unspecified atom stereocenters. The molecule has 0 amide bonds. The van der Waals surface area contributed by atoms with Crippen LogP contribution >= 0.6 is 0 Å². The van der Waals surface area contributed by atoms with Gasteiger partial charge in [-0.15, -0.1) is 22.1 Å². The number of nitrogens with zero attached hydrogens (tertiary/aromatic N) is 4. The number of aromatic nitrogens is 4. The second-order valence-corrected chi connectivity index (χ2v) is 13.3. The molecule has 2 aliphatic heterocycles. The topological polar surface area (TPSA) is 122 Å². The first-order chi connectivity index (χ1) is 27.5. The molecule has 0 aliphatic carbocycles. The number of rotatable bonds is 8. The molecule has 0 radical (unpaired) electrons. The van der Waals surface area contributed by atoms with Crippen molar-refractivity contribution in [1.82, 2.24) is 19.9 Å². The molecule has 3 aromatic heterocycles. The van der Waals surface area contributed by atoms with E-state index in [4.69, 9.17) is 19.9 Å². The Bertz CT molecular complexity index is 2560. The van der Waals surface area contributed by atoms with Crippen LogP contribution in [0.3, 0.4) is 0 Å². The van der Waals surface area contributed by atoms with Crippen molar-refractivity contribution in [1.29, 1.82) is 0 Å². The van der Waals surface area contributed by atoms with E-state index in [-0.39, 0.29) is 16.5 Å². The summed E-state index contributed by atoms with van der Waals surface area (Å²) in [5.41, 5.74) is 13.8. The Hall–Kier alpha value is -7.35. The molecule has 9 rings (SSSR count). The van der Waals surface area contributed by atoms with Crippen LogP contribution in [-0.4, -0.2) is 35.1 Å². The quantitative estimate of drug-likeness (QED) is 0.110. The molecular formula is C48H28N4NiO4. The molecule has 274 valence electrons. The van der Waals surface area contributed by atoms with Gasteiger partial charge < -0.3 is 9.97 Å². The molecule has 57 heavy (non-hydrogen) atoms. The van der Waals surface area contributed by atoms with Gasteiger partial charge in [0.2, 0.25) is 0 Å². The van der Waals surface area contributed by atoms with Gasteiger partial charge in [-0.2, -0.15) is 0 Å². The number of aldehydes is 4. The van der Waals surface area contributed by atoms with Gasteiger partial charge in [-0.05, 0) is 68.8 Å². The molecular weight excluding hydrogens is 755 g/mol. The minimum atomic E-state index is 0. The second kappa shape index (κ2) is 15.4. The van der Waals surface area contributed by atoms with E-state index in [9.17, 15) is 19.2 Å². The summed E-state index contributed by atoms with van der Waals surface area (Å²) in [5, 5.41) is 0. The normalized spacial score (nSPS) is 11.5. The minimum Gasteiger partial charge on any atom is -0.657 e. The molecule has 0 fully saturated rings. The Balaban J connectivity index is 0.00000455. The summed E-state index contributed by atoms with van der Waals surface area (Å²) in [4.78, 5) is 67.4. The molecule has 9 heteroatoms. The zero-order valence-corrected chi connectivity index (χ0v) is 30.9. The molecule has 5 heterocycles. The Kier molecular flexibility index (Phi) is 9.91. The summed E-state index contributed by atoms with van der Waals surface area (Å²) >= 11 is 0. The van der Waals surface area contributed by atoms with E-state index in [2.05, 4.69) is 0 Å². The molecule has 7 aromatic rings. The van der Waals surface area contributed by atoms with Crippen molar-refractivity contribution in [2.45, 2.75) is 0 Å². The summed E-state index contributed by atoms with van der Waals surface area (Å²) < 4.78 is 0. The maximum atomic E-state index is 11.6. The predicted molar refractivity (Wildman–Crippen MR) is 220 cm³/mol. The predicted octanol–water partition coefficient (Wildman–Crippen LogP) is 9.83. The van der Waals surface area contributed by atoms with Crippen LogP contribution in [0.4, 0.5) is 0 Å². The van der Waals surface area contributed by atoms with Crippen molar-refractivity contribution in [2.75, 3.05) is 0 Å². The number of carbonyl (C=O) groups is 4. The number of hydrogen-bond acceptors (Lipinski definition) is 6. The maximum absolute atomic E-state index is 11.6. The van der Waals surface area contributed by atoms with Gasteiger partial charge in [0.1, 0.15) is 25.1 Å². The molecule has 0 atom stereocenters. The van der Waals surface area contributed by atoms with E-state index in [1.54, 1.807) is 48.5 Å². The third-order valence-electron chi connectivity index (χ3n) is 9.95. The van der Waals surface area contributed by atoms with Crippen molar-refractivity contribution >= 4 is 71.5 Å². The van der Waals surface area contributed by atoms with Crippen LogP contribution in [-0.2, 0) is 16.5 Å². The van der Waals surface area contributed by atoms with E-state index < -0.39 is 0 Å². The average Bonchev–Trinajstić information content (AvgIpc) is 4.10. The SMILES string of the molecule is O=Cc1ccc(-c2c3nc(c(-c4ccc(C=O)cc4)c4ccc([n-]4)c(-c4ccc(C=O)cc4)c4nc(c(-c5ccc(C=O)cc5)c5ccc2[n-]5)C=C4)C=C3)cc1.[Ni+2]. The van der Waals surface area contributed by atoms with Gasteiger partial charge in [0, 0.05) is 22.3 Å². The Morgan fingerprint density at radius 3 is 0.719 bits per heavy atom. The third-order valence-corrected chi connectivity index (χ3v) is 9.95. The van der Waals surface area contributed by atoms with E-state index in [0.717, 1.165) is 69.7 Å². The summed E-state index contributed by atoms with van der Waals surface area (Å²) in [6.45, 7) is 0. The summed E-state index contributed by atoms with van der Waals surface area (Å²) in [6.07, 6.45) is 11.1. The van der Waals surface area contributed by atoms with E-state index in [1.165, 1.54) is 0 Å². The van der Waals surface area contributed by atoms with Crippen molar-refractivity contribution in [2.24, 2.45) is 0 Å². The van der Waals surface area contributed by atoms with Gasteiger partial charge in [-0.3, -0.25) is 19.2 Å². The Morgan fingerprint density at radius 1 is 0.316 bits per heavy atom. The minimum absolute atomic E-state index is 0. The van der Waals surface area contributed by atoms with Crippen LogP contribution in [0.1, 0.15) is 64.2 Å². The average molecular weight is 783 g/mol. The standard InChI is InChI=1S/C48H29N4O4.Ni/c53-25-29-1-9-33(10-2-29)45-37-17-19-39(49-37)46(34-11-3-30(26-54)4-12-34)41-21-23-43(51-41)48(36-15-7-32(28-56)8-16-36)44-24-22-42(52-44)47(40-20-18-38(45)50-40)35-13-5-31(27-55)6-14-35;/h1-28H,(H-,49,50,51,52,53,54,55,56);/q-1;+2/p-1. The van der Waals surface area contributed by atoms with E-state index in [1.807, 2.05) is 97.1 Å². The largest absolute Gasteiger partial charge is 2.00 e. The molecule has 0 saturated carbocycles. The number of hydrogen-bond donors (Lipinski definition) is 0. The maximum Gasteiger partial charge on any atom is 2.00 e. The number of fused-ring (bicyclic) bond motifs is 8. The fourth-order valence-corrected chi connectivity index (χ4v) is 7.18. The van der Waals surface area contributed by atoms with Crippen LogP contribution in [0.15, 0.2) is 121 Å². The zero-order chi connectivity index (χ0) is 38.2. The number of benzene rings is 4. The first-order valence-electron chi connectivity index (χ1n) is 17.8. The molecule has 0 spiro atoms. The molecule has 8 bridgehead atoms. The van der Waals surface area contributed by atoms with Crippen LogP contribution in [0.25, 0.3) is 90.9 Å². The van der Waals surface area contributed by atoms with E-state index >= 15 is 0 Å².